The maximum absolute atomic E-state index is 14.9. The van der Waals surface area contributed by atoms with Crippen molar-refractivity contribution >= 4 is 34.0 Å². The molecule has 3 aromatic rings. The Kier molecular flexibility index (Phi) is 9.39. The second kappa shape index (κ2) is 13.4. The van der Waals surface area contributed by atoms with Crippen LogP contribution in [0.1, 0.15) is 44.3 Å². The number of hydrogen-bond acceptors (Lipinski definition) is 8. The summed E-state index contributed by atoms with van der Waals surface area (Å²) in [5.41, 5.74) is 6.63. The van der Waals surface area contributed by atoms with Gasteiger partial charge in [0.25, 0.3) is 5.56 Å². The molecule has 3 aliphatic rings. The number of anilines is 2. The van der Waals surface area contributed by atoms with Gasteiger partial charge in [0, 0.05) is 55.9 Å². The van der Waals surface area contributed by atoms with Crippen molar-refractivity contribution in [1.29, 1.82) is 0 Å². The van der Waals surface area contributed by atoms with E-state index in [1.54, 1.807) is 30.0 Å². The Morgan fingerprint density at radius 2 is 1.86 bits per heavy atom. The monoisotopic (exact) mass is 613 g/mol. The van der Waals surface area contributed by atoms with Crippen molar-refractivity contribution in [1.82, 2.24) is 14.9 Å². The summed E-state index contributed by atoms with van der Waals surface area (Å²) in [7, 11) is 1.96. The number of nitrogens with one attached hydrogen (secondary N) is 1. The summed E-state index contributed by atoms with van der Waals surface area (Å²) in [5, 5.41) is 0.453. The number of aromatic nitrogens is 2. The topological polar surface area (TPSA) is 96.7 Å². The molecule has 0 radical (unpaired) electrons. The number of fused-ring (bicyclic) bond motifs is 1. The Morgan fingerprint density at radius 1 is 1.09 bits per heavy atom. The molecule has 3 fully saturated rings. The van der Waals surface area contributed by atoms with Crippen molar-refractivity contribution in [2.24, 2.45) is 11.8 Å². The summed E-state index contributed by atoms with van der Waals surface area (Å²) in [6.07, 6.45) is 6.14. The van der Waals surface area contributed by atoms with Crippen LogP contribution in [0.15, 0.2) is 35.1 Å². The zero-order valence-electron chi connectivity index (χ0n) is 24.7. The van der Waals surface area contributed by atoms with E-state index in [1.165, 1.54) is 12.1 Å². The van der Waals surface area contributed by atoms with Gasteiger partial charge in [-0.05, 0) is 81.6 Å². The van der Waals surface area contributed by atoms with Gasteiger partial charge in [-0.25, -0.2) is 13.8 Å². The quantitative estimate of drug-likeness (QED) is 0.301. The highest BCUT2D eigenvalue weighted by atomic mass is 32.2. The van der Waals surface area contributed by atoms with Crippen LogP contribution in [0, 0.1) is 23.5 Å². The van der Waals surface area contributed by atoms with Crippen LogP contribution in [0.5, 0.6) is 5.75 Å². The number of H-pyrrole nitrogens is 1. The highest BCUT2D eigenvalue weighted by molar-refractivity contribution is 7.99. The maximum atomic E-state index is 14.9. The van der Waals surface area contributed by atoms with E-state index in [0.29, 0.717) is 64.0 Å². The molecule has 6 rings (SSSR count). The van der Waals surface area contributed by atoms with Gasteiger partial charge < -0.3 is 30.0 Å². The first-order valence-corrected chi connectivity index (χ1v) is 16.4. The smallest absolute Gasteiger partial charge is 0.261 e. The first-order chi connectivity index (χ1) is 20.8. The van der Waals surface area contributed by atoms with Gasteiger partial charge >= 0.3 is 0 Å². The molecule has 0 spiro atoms. The van der Waals surface area contributed by atoms with E-state index in [9.17, 15) is 13.6 Å². The predicted molar refractivity (Wildman–Crippen MR) is 168 cm³/mol. The molecule has 11 heteroatoms. The van der Waals surface area contributed by atoms with Gasteiger partial charge in [0.05, 0.1) is 23.6 Å². The van der Waals surface area contributed by atoms with Crippen molar-refractivity contribution in [2.75, 3.05) is 57.1 Å². The second-order valence-electron chi connectivity index (χ2n) is 12.3. The number of likely N-dealkylation sites (tertiary alicyclic amines) is 1. The number of thioether (sulfide) groups is 1. The number of ether oxygens (including phenoxy) is 2. The molecule has 2 aromatic carbocycles. The van der Waals surface area contributed by atoms with Crippen molar-refractivity contribution in [2.45, 2.75) is 55.6 Å². The number of nitrogens with two attached hydrogens (primary N) is 1. The fourth-order valence-electron chi connectivity index (χ4n) is 6.53. The van der Waals surface area contributed by atoms with E-state index in [4.69, 9.17) is 15.2 Å². The Morgan fingerprint density at radius 3 is 2.60 bits per heavy atom. The minimum atomic E-state index is -0.608. The highest BCUT2D eigenvalue weighted by Crippen LogP contribution is 2.36. The SMILES string of the molecule is CN(c1ccc(N)cc1F)C1CC(CN2CCC(COc3cc(F)c4c(=O)[nH]c(CSC5CCOCC5)nc4c3)CC2)C1. The normalized spacial score (nSPS) is 22.0. The molecule has 0 unspecified atom stereocenters. The molecule has 1 saturated carbocycles. The number of aromatic amines is 1. The lowest BCUT2D eigenvalue weighted by molar-refractivity contribution is 0.1000. The van der Waals surface area contributed by atoms with Gasteiger partial charge in [0.2, 0.25) is 0 Å². The first-order valence-electron chi connectivity index (χ1n) is 15.4. The van der Waals surface area contributed by atoms with Crippen molar-refractivity contribution in [3.05, 3.63) is 58.1 Å². The van der Waals surface area contributed by atoms with Crippen LogP contribution in [0.2, 0.25) is 0 Å². The van der Waals surface area contributed by atoms with Gasteiger partial charge in [-0.15, -0.1) is 0 Å². The third-order valence-corrected chi connectivity index (χ3v) is 10.6. The number of hydrogen-bond donors (Lipinski definition) is 2. The zero-order valence-corrected chi connectivity index (χ0v) is 25.5. The summed E-state index contributed by atoms with van der Waals surface area (Å²) >= 11 is 1.75. The number of rotatable bonds is 10. The van der Waals surface area contributed by atoms with E-state index >= 15 is 0 Å². The summed E-state index contributed by atoms with van der Waals surface area (Å²) in [4.78, 5) is 24.5. The summed E-state index contributed by atoms with van der Waals surface area (Å²) in [5.74, 6) is 1.67. The number of halogens is 2. The van der Waals surface area contributed by atoms with Gasteiger partial charge in [-0.3, -0.25) is 4.79 Å². The summed E-state index contributed by atoms with van der Waals surface area (Å²) in [6, 6.07) is 8.23. The molecular formula is C32H41F2N5O3S. The summed E-state index contributed by atoms with van der Waals surface area (Å²) in [6.45, 7) is 5.12. The Hall–Kier alpha value is -2.89. The lowest BCUT2D eigenvalue weighted by Gasteiger charge is -2.45. The molecular weight excluding hydrogens is 572 g/mol. The van der Waals surface area contributed by atoms with Crippen LogP contribution in [0.4, 0.5) is 20.2 Å². The number of piperidine rings is 1. The Balaban J connectivity index is 0.960. The number of nitrogen functional groups attached to an aromatic ring is 1. The molecule has 232 valence electrons. The van der Waals surface area contributed by atoms with Crippen LogP contribution in [-0.4, -0.2) is 72.7 Å². The van der Waals surface area contributed by atoms with Gasteiger partial charge in [0.1, 0.15) is 28.6 Å². The molecule has 8 nitrogen and oxygen atoms in total. The van der Waals surface area contributed by atoms with E-state index in [1.807, 2.05) is 11.9 Å². The lowest BCUT2D eigenvalue weighted by atomic mass is 9.78. The van der Waals surface area contributed by atoms with Crippen LogP contribution < -0.4 is 20.9 Å². The standard InChI is InChI=1S/C32H41F2N5O3S/c1-38(29-3-2-22(35)14-26(29)33)23-12-21(13-23)17-39-8-4-20(5-9-39)18-42-24-15-27(34)31-28(16-24)36-30(37-32(31)40)19-43-25-6-10-41-11-7-25/h2-3,14-16,20-21,23,25H,4-13,17-19,35H2,1H3,(H,36,37,40). The van der Waals surface area contributed by atoms with E-state index < -0.39 is 11.4 Å². The average Bonchev–Trinajstić information content (AvgIpc) is 2.97. The molecule has 0 atom stereocenters. The van der Waals surface area contributed by atoms with Crippen LogP contribution in [-0.2, 0) is 10.5 Å². The van der Waals surface area contributed by atoms with E-state index in [-0.39, 0.29) is 11.2 Å². The predicted octanol–water partition coefficient (Wildman–Crippen LogP) is 5.20. The van der Waals surface area contributed by atoms with Gasteiger partial charge in [0.15, 0.2) is 0 Å². The van der Waals surface area contributed by atoms with E-state index in [0.717, 1.165) is 71.4 Å². The van der Waals surface area contributed by atoms with Crippen LogP contribution in [0.3, 0.4) is 0 Å². The number of nitrogens with zero attached hydrogens (tertiary/aromatic N) is 3. The third kappa shape index (κ3) is 7.26. The van der Waals surface area contributed by atoms with Crippen molar-refractivity contribution < 1.29 is 18.3 Å². The van der Waals surface area contributed by atoms with Crippen molar-refractivity contribution in [3.8, 4) is 5.75 Å². The molecule has 43 heavy (non-hydrogen) atoms. The molecule has 3 heterocycles. The van der Waals surface area contributed by atoms with Crippen molar-refractivity contribution in [3.63, 3.8) is 0 Å². The molecule has 1 aliphatic carbocycles. The lowest BCUT2D eigenvalue weighted by Crippen LogP contribution is -2.48. The maximum Gasteiger partial charge on any atom is 0.261 e. The third-order valence-electron chi connectivity index (χ3n) is 9.23. The van der Waals surface area contributed by atoms with Crippen LogP contribution >= 0.6 is 11.8 Å². The largest absolute Gasteiger partial charge is 0.493 e. The van der Waals surface area contributed by atoms with E-state index in [2.05, 4.69) is 14.9 Å². The van der Waals surface area contributed by atoms with Crippen LogP contribution in [0.25, 0.3) is 10.9 Å². The molecule has 2 saturated heterocycles. The second-order valence-corrected chi connectivity index (χ2v) is 13.6. The Labute approximate surface area is 255 Å². The van der Waals surface area contributed by atoms with Gasteiger partial charge in [-0.1, -0.05) is 0 Å². The first kappa shape index (κ1) is 30.1. The minimum absolute atomic E-state index is 0.0245. The molecule has 0 amide bonds. The summed E-state index contributed by atoms with van der Waals surface area (Å²) < 4.78 is 40.7. The minimum Gasteiger partial charge on any atom is -0.493 e. The zero-order chi connectivity index (χ0) is 29.9. The Bertz CT molecular complexity index is 1470. The molecule has 3 N–H and O–H groups in total. The molecule has 2 aliphatic heterocycles. The fraction of sp³-hybridized carbons (Fsp3) is 0.562. The fourth-order valence-corrected chi connectivity index (χ4v) is 7.58. The average molecular weight is 614 g/mol. The molecule has 0 bridgehead atoms. The molecule has 1 aromatic heterocycles. The van der Waals surface area contributed by atoms with Gasteiger partial charge in [-0.2, -0.15) is 11.8 Å². The number of benzene rings is 2. The highest BCUT2D eigenvalue weighted by Gasteiger charge is 2.35.